The highest BCUT2D eigenvalue weighted by Gasteiger charge is 2.40. The van der Waals surface area contributed by atoms with E-state index in [1.807, 2.05) is 6.08 Å². The molecule has 2 amide bonds. The van der Waals surface area contributed by atoms with Gasteiger partial charge in [0, 0.05) is 24.8 Å². The summed E-state index contributed by atoms with van der Waals surface area (Å²) in [7, 11) is 2.15. The number of rotatable bonds is 4. The Kier molecular flexibility index (Phi) is 5.48. The Labute approximate surface area is 151 Å². The Hall–Kier alpha value is -1.81. The second kappa shape index (κ2) is 7.61. The van der Waals surface area contributed by atoms with Crippen LogP contribution in [0, 0.1) is 5.92 Å². The summed E-state index contributed by atoms with van der Waals surface area (Å²) in [4.78, 5) is 17.5. The number of nitrogens with one attached hydrogen (secondary N) is 1. The zero-order valence-corrected chi connectivity index (χ0v) is 15.8. The molecule has 3 rings (SSSR count). The lowest BCUT2D eigenvalue weighted by Gasteiger charge is -2.36. The minimum Gasteiger partial charge on any atom is -0.320 e. The zero-order valence-electron chi connectivity index (χ0n) is 15.8. The average molecular weight is 341 g/mol. The van der Waals surface area contributed by atoms with Gasteiger partial charge in [0.2, 0.25) is 0 Å². The van der Waals surface area contributed by atoms with Gasteiger partial charge < -0.3 is 15.1 Å². The largest absolute Gasteiger partial charge is 0.322 e. The summed E-state index contributed by atoms with van der Waals surface area (Å²) in [6, 6.07) is 6.69. The third kappa shape index (κ3) is 3.74. The number of hydrogen-bond donors (Lipinski definition) is 1. The van der Waals surface area contributed by atoms with Gasteiger partial charge in [-0.3, -0.25) is 0 Å². The molecule has 2 unspecified atom stereocenters. The number of hydrogen-bond acceptors (Lipinski definition) is 2. The number of piperidine rings is 1. The highest BCUT2D eigenvalue weighted by molar-refractivity contribution is 5.91. The Morgan fingerprint density at radius 1 is 1.36 bits per heavy atom. The lowest BCUT2D eigenvalue weighted by molar-refractivity contribution is 0.137. The summed E-state index contributed by atoms with van der Waals surface area (Å²) < 4.78 is 0. The van der Waals surface area contributed by atoms with Crippen LogP contribution in [-0.4, -0.2) is 48.6 Å². The Balaban J connectivity index is 1.82. The van der Waals surface area contributed by atoms with Crippen molar-refractivity contribution in [1.82, 2.24) is 9.80 Å². The van der Waals surface area contributed by atoms with E-state index in [1.54, 1.807) is 0 Å². The van der Waals surface area contributed by atoms with Crippen LogP contribution in [0.25, 0.3) is 0 Å². The van der Waals surface area contributed by atoms with Crippen LogP contribution in [-0.2, 0) is 6.42 Å². The standard InChI is InChI=1S/C21H31N3O/c1-5-7-17-8-6-9-18(15(2)3)20(17)22-21(25)24-13-11-16-10-12-23(4)14-19(16)24/h5-6,8-9,15-16,19H,1,7,10-14H2,2-4H3,(H,22,25). The first-order valence-electron chi connectivity index (χ1n) is 9.50. The summed E-state index contributed by atoms with van der Waals surface area (Å²) in [5.74, 6) is 1.03. The van der Waals surface area contributed by atoms with E-state index < -0.39 is 0 Å². The molecule has 0 bridgehead atoms. The van der Waals surface area contributed by atoms with Crippen LogP contribution in [0.4, 0.5) is 10.5 Å². The van der Waals surface area contributed by atoms with Crippen molar-refractivity contribution in [3.05, 3.63) is 42.0 Å². The van der Waals surface area contributed by atoms with E-state index in [-0.39, 0.29) is 6.03 Å². The molecule has 1 N–H and O–H groups in total. The highest BCUT2D eigenvalue weighted by Crippen LogP contribution is 2.33. The molecule has 136 valence electrons. The van der Waals surface area contributed by atoms with E-state index >= 15 is 0 Å². The number of anilines is 1. The van der Waals surface area contributed by atoms with Gasteiger partial charge in [0.15, 0.2) is 0 Å². The van der Waals surface area contributed by atoms with Gasteiger partial charge in [0.05, 0.1) is 0 Å². The quantitative estimate of drug-likeness (QED) is 0.837. The van der Waals surface area contributed by atoms with Crippen molar-refractivity contribution >= 4 is 11.7 Å². The van der Waals surface area contributed by atoms with Crippen molar-refractivity contribution in [1.29, 1.82) is 0 Å². The molecular weight excluding hydrogens is 310 g/mol. The summed E-state index contributed by atoms with van der Waals surface area (Å²) in [6.45, 7) is 11.2. The Morgan fingerprint density at radius 3 is 2.84 bits per heavy atom. The van der Waals surface area contributed by atoms with Gasteiger partial charge in [-0.05, 0) is 55.8 Å². The van der Waals surface area contributed by atoms with Gasteiger partial charge >= 0.3 is 6.03 Å². The fraction of sp³-hybridized carbons (Fsp3) is 0.571. The summed E-state index contributed by atoms with van der Waals surface area (Å²) in [6.07, 6.45) is 5.01. The second-order valence-electron chi connectivity index (χ2n) is 7.82. The van der Waals surface area contributed by atoms with Gasteiger partial charge in [0.1, 0.15) is 0 Å². The third-order valence-corrected chi connectivity index (χ3v) is 5.73. The molecule has 2 heterocycles. The number of carbonyl (C=O) groups excluding carboxylic acids is 1. The number of amides is 2. The highest BCUT2D eigenvalue weighted by atomic mass is 16.2. The van der Waals surface area contributed by atoms with Gasteiger partial charge in [-0.25, -0.2) is 4.79 Å². The molecule has 1 aromatic carbocycles. The number of para-hydroxylation sites is 1. The summed E-state index contributed by atoms with van der Waals surface area (Å²) >= 11 is 0. The zero-order chi connectivity index (χ0) is 18.0. The number of likely N-dealkylation sites (N-methyl/N-ethyl adjacent to an activating group) is 1. The SMILES string of the molecule is C=CCc1cccc(C(C)C)c1NC(=O)N1CCC2CCN(C)CC21. The van der Waals surface area contributed by atoms with Crippen molar-refractivity contribution in [2.75, 3.05) is 32.0 Å². The van der Waals surface area contributed by atoms with E-state index in [9.17, 15) is 4.79 Å². The summed E-state index contributed by atoms with van der Waals surface area (Å²) in [5.41, 5.74) is 3.32. The van der Waals surface area contributed by atoms with Crippen molar-refractivity contribution in [3.8, 4) is 0 Å². The molecule has 4 heteroatoms. The van der Waals surface area contributed by atoms with Gasteiger partial charge in [-0.2, -0.15) is 0 Å². The van der Waals surface area contributed by atoms with Crippen molar-refractivity contribution in [2.24, 2.45) is 5.92 Å². The smallest absolute Gasteiger partial charge is 0.320 e. The van der Waals surface area contributed by atoms with Gasteiger partial charge in [-0.15, -0.1) is 6.58 Å². The molecule has 2 atom stereocenters. The number of benzene rings is 1. The van der Waals surface area contributed by atoms with Crippen LogP contribution in [0.1, 0.15) is 43.7 Å². The molecule has 2 aliphatic heterocycles. The molecule has 1 aromatic rings. The molecule has 2 aliphatic rings. The van der Waals surface area contributed by atoms with Crippen LogP contribution in [0.3, 0.4) is 0 Å². The van der Waals surface area contributed by atoms with Crippen molar-refractivity contribution in [3.63, 3.8) is 0 Å². The molecule has 2 saturated heterocycles. The second-order valence-corrected chi connectivity index (χ2v) is 7.82. The minimum atomic E-state index is 0.0567. The number of likely N-dealkylation sites (tertiary alicyclic amines) is 2. The molecule has 0 aliphatic carbocycles. The number of nitrogens with zero attached hydrogens (tertiary/aromatic N) is 2. The minimum absolute atomic E-state index is 0.0567. The number of urea groups is 1. The van der Waals surface area contributed by atoms with E-state index in [4.69, 9.17) is 0 Å². The molecule has 0 aromatic heterocycles. The van der Waals surface area contributed by atoms with Crippen molar-refractivity contribution < 1.29 is 4.79 Å². The predicted molar refractivity (Wildman–Crippen MR) is 104 cm³/mol. The number of carbonyl (C=O) groups is 1. The first-order chi connectivity index (χ1) is 12.0. The molecule has 0 saturated carbocycles. The molecule has 4 nitrogen and oxygen atoms in total. The fourth-order valence-electron chi connectivity index (χ4n) is 4.31. The predicted octanol–water partition coefficient (Wildman–Crippen LogP) is 4.10. The third-order valence-electron chi connectivity index (χ3n) is 5.73. The maximum absolute atomic E-state index is 13.1. The molecule has 25 heavy (non-hydrogen) atoms. The van der Waals surface area contributed by atoms with Crippen LogP contribution in [0.15, 0.2) is 30.9 Å². The number of fused-ring (bicyclic) bond motifs is 1. The van der Waals surface area contributed by atoms with E-state index in [0.717, 1.165) is 43.7 Å². The van der Waals surface area contributed by atoms with Crippen LogP contribution in [0.2, 0.25) is 0 Å². The van der Waals surface area contributed by atoms with E-state index in [2.05, 4.69) is 60.8 Å². The maximum atomic E-state index is 13.1. The summed E-state index contributed by atoms with van der Waals surface area (Å²) in [5, 5.41) is 3.26. The molecule has 0 spiro atoms. The Bertz CT molecular complexity index is 640. The first kappa shape index (κ1) is 18.0. The van der Waals surface area contributed by atoms with E-state index in [0.29, 0.717) is 17.9 Å². The Morgan fingerprint density at radius 2 is 2.12 bits per heavy atom. The topological polar surface area (TPSA) is 35.6 Å². The van der Waals surface area contributed by atoms with E-state index in [1.165, 1.54) is 12.0 Å². The van der Waals surface area contributed by atoms with Crippen LogP contribution < -0.4 is 5.32 Å². The number of allylic oxidation sites excluding steroid dienone is 1. The average Bonchev–Trinajstić information content (AvgIpc) is 2.99. The first-order valence-corrected chi connectivity index (χ1v) is 9.50. The van der Waals surface area contributed by atoms with Crippen LogP contribution in [0.5, 0.6) is 0 Å². The van der Waals surface area contributed by atoms with Gasteiger partial charge in [0.25, 0.3) is 0 Å². The molecule has 0 radical (unpaired) electrons. The van der Waals surface area contributed by atoms with Gasteiger partial charge in [-0.1, -0.05) is 38.1 Å². The molecule has 2 fully saturated rings. The van der Waals surface area contributed by atoms with Crippen molar-refractivity contribution in [2.45, 2.75) is 45.1 Å². The fourth-order valence-corrected chi connectivity index (χ4v) is 4.31. The monoisotopic (exact) mass is 341 g/mol. The van der Waals surface area contributed by atoms with Crippen LogP contribution >= 0.6 is 0 Å². The lowest BCUT2D eigenvalue weighted by Crippen LogP contribution is -2.49. The normalized spacial score (nSPS) is 23.6. The molecular formula is C21H31N3O. The lowest BCUT2D eigenvalue weighted by atomic mass is 9.92. The maximum Gasteiger partial charge on any atom is 0.322 e.